The number of hydrogen-bond acceptors (Lipinski definition) is 3. The summed E-state index contributed by atoms with van der Waals surface area (Å²) in [6.07, 6.45) is 3.74. The van der Waals surface area contributed by atoms with Gasteiger partial charge in [-0.15, -0.1) is 0 Å². The first-order valence-electron chi connectivity index (χ1n) is 7.68. The lowest BCUT2D eigenvalue weighted by atomic mass is 9.84. The van der Waals surface area contributed by atoms with Gasteiger partial charge in [0.15, 0.2) is 0 Å². The number of carbonyl (C=O) groups excluding carboxylic acids is 1. The van der Waals surface area contributed by atoms with Crippen LogP contribution in [0.1, 0.15) is 36.8 Å². The van der Waals surface area contributed by atoms with E-state index in [4.69, 9.17) is 10.5 Å². The van der Waals surface area contributed by atoms with Gasteiger partial charge in [0.1, 0.15) is 11.3 Å². The first-order valence-corrected chi connectivity index (χ1v) is 7.68. The highest BCUT2D eigenvalue weighted by atomic mass is 16.5. The van der Waals surface area contributed by atoms with Gasteiger partial charge >= 0.3 is 0 Å². The molecule has 0 saturated heterocycles. The second-order valence-corrected chi connectivity index (χ2v) is 6.08. The molecule has 4 nitrogen and oxygen atoms in total. The summed E-state index contributed by atoms with van der Waals surface area (Å²) in [5, 5.41) is 3.16. The zero-order valence-electron chi connectivity index (χ0n) is 13.2. The van der Waals surface area contributed by atoms with Crippen LogP contribution in [-0.2, 0) is 4.79 Å². The van der Waals surface area contributed by atoms with Gasteiger partial charge in [0.25, 0.3) is 0 Å². The number of carbonyl (C=O) groups is 1. The molecule has 4 heteroatoms. The minimum absolute atomic E-state index is 0.237. The van der Waals surface area contributed by atoms with Crippen LogP contribution in [0.4, 0.5) is 0 Å². The van der Waals surface area contributed by atoms with Crippen LogP contribution in [0.5, 0.6) is 5.75 Å². The van der Waals surface area contributed by atoms with E-state index in [9.17, 15) is 4.79 Å². The first kappa shape index (κ1) is 15.8. The largest absolute Gasteiger partial charge is 0.493 e. The Kier molecular flexibility index (Phi) is 4.88. The molecule has 2 atom stereocenters. The smallest absolute Gasteiger partial charge is 0.238 e. The Hall–Kier alpha value is -1.55. The fraction of sp³-hybridized carbons (Fsp3) is 0.588. The van der Waals surface area contributed by atoms with Gasteiger partial charge in [0.2, 0.25) is 5.91 Å². The molecule has 1 aromatic carbocycles. The molecule has 2 unspecified atom stereocenters. The summed E-state index contributed by atoms with van der Waals surface area (Å²) in [6, 6.07) is 6.18. The van der Waals surface area contributed by atoms with E-state index in [0.29, 0.717) is 6.61 Å². The second-order valence-electron chi connectivity index (χ2n) is 6.08. The quantitative estimate of drug-likeness (QED) is 0.845. The highest BCUT2D eigenvalue weighted by Gasteiger charge is 2.46. The Morgan fingerprint density at radius 2 is 2.24 bits per heavy atom. The van der Waals surface area contributed by atoms with E-state index in [1.807, 2.05) is 13.1 Å². The SMILES string of the molecule is CNC1(C(N)=O)CCCC1CCOc1ccc(C)cc1C. The van der Waals surface area contributed by atoms with Crippen molar-refractivity contribution in [1.29, 1.82) is 0 Å². The van der Waals surface area contributed by atoms with Crippen LogP contribution in [0.2, 0.25) is 0 Å². The summed E-state index contributed by atoms with van der Waals surface area (Å²) < 4.78 is 5.89. The number of rotatable bonds is 6. The summed E-state index contributed by atoms with van der Waals surface area (Å²) >= 11 is 0. The number of ether oxygens (including phenoxy) is 1. The highest BCUT2D eigenvalue weighted by molar-refractivity contribution is 5.85. The van der Waals surface area contributed by atoms with Crippen molar-refractivity contribution in [3.05, 3.63) is 29.3 Å². The fourth-order valence-corrected chi connectivity index (χ4v) is 3.52. The van der Waals surface area contributed by atoms with E-state index in [2.05, 4.69) is 31.3 Å². The van der Waals surface area contributed by atoms with Gasteiger partial charge in [-0.3, -0.25) is 4.79 Å². The predicted octanol–water partition coefficient (Wildman–Crippen LogP) is 2.32. The summed E-state index contributed by atoms with van der Waals surface area (Å²) in [5.74, 6) is 0.942. The predicted molar refractivity (Wildman–Crippen MR) is 84.4 cm³/mol. The molecule has 1 aliphatic carbocycles. The Morgan fingerprint density at radius 1 is 1.48 bits per heavy atom. The molecule has 0 aromatic heterocycles. The Morgan fingerprint density at radius 3 is 2.86 bits per heavy atom. The van der Waals surface area contributed by atoms with Crippen LogP contribution in [0.15, 0.2) is 18.2 Å². The van der Waals surface area contributed by atoms with Crippen molar-refractivity contribution in [2.75, 3.05) is 13.7 Å². The van der Waals surface area contributed by atoms with E-state index >= 15 is 0 Å². The molecule has 1 fully saturated rings. The third-order valence-electron chi connectivity index (χ3n) is 4.76. The maximum Gasteiger partial charge on any atom is 0.238 e. The molecule has 1 saturated carbocycles. The number of nitrogens with one attached hydrogen (secondary N) is 1. The van der Waals surface area contributed by atoms with Crippen molar-refractivity contribution >= 4 is 5.91 Å². The third-order valence-corrected chi connectivity index (χ3v) is 4.76. The number of nitrogens with two attached hydrogens (primary N) is 1. The van der Waals surface area contributed by atoms with Gasteiger partial charge in [-0.2, -0.15) is 0 Å². The van der Waals surface area contributed by atoms with Crippen molar-refractivity contribution < 1.29 is 9.53 Å². The number of hydrogen-bond donors (Lipinski definition) is 2. The van der Waals surface area contributed by atoms with E-state index < -0.39 is 5.54 Å². The number of aryl methyl sites for hydroxylation is 2. The molecular formula is C17H26N2O2. The molecule has 1 amide bonds. The molecule has 0 bridgehead atoms. The third kappa shape index (κ3) is 3.21. The standard InChI is InChI=1S/C17H26N2O2/c1-12-6-7-15(13(2)11-12)21-10-8-14-5-4-9-17(14,19-3)16(18)20/h6-7,11,14,19H,4-5,8-10H2,1-3H3,(H2,18,20). The molecule has 0 heterocycles. The summed E-state index contributed by atoms with van der Waals surface area (Å²) in [5.41, 5.74) is 7.45. The molecule has 0 spiro atoms. The van der Waals surface area contributed by atoms with E-state index in [-0.39, 0.29) is 11.8 Å². The Labute approximate surface area is 127 Å². The molecule has 2 rings (SSSR count). The lowest BCUT2D eigenvalue weighted by Gasteiger charge is -2.32. The van der Waals surface area contributed by atoms with Crippen molar-refractivity contribution in [1.82, 2.24) is 5.32 Å². The summed E-state index contributed by atoms with van der Waals surface area (Å²) in [7, 11) is 1.83. The molecule has 21 heavy (non-hydrogen) atoms. The van der Waals surface area contributed by atoms with Gasteiger partial charge in [-0.25, -0.2) is 0 Å². The van der Waals surface area contributed by atoms with E-state index in [1.165, 1.54) is 5.56 Å². The van der Waals surface area contributed by atoms with Crippen LogP contribution in [0.3, 0.4) is 0 Å². The number of benzene rings is 1. The Balaban J connectivity index is 1.95. The summed E-state index contributed by atoms with van der Waals surface area (Å²) in [4.78, 5) is 11.8. The van der Waals surface area contributed by atoms with Gasteiger partial charge in [-0.05, 0) is 57.7 Å². The molecule has 3 N–H and O–H groups in total. The van der Waals surface area contributed by atoms with Crippen LogP contribution >= 0.6 is 0 Å². The van der Waals surface area contributed by atoms with Gasteiger partial charge < -0.3 is 15.8 Å². The Bertz CT molecular complexity index is 516. The molecule has 1 aromatic rings. The van der Waals surface area contributed by atoms with Gasteiger partial charge in [-0.1, -0.05) is 24.1 Å². The fourth-order valence-electron chi connectivity index (χ4n) is 3.52. The summed E-state index contributed by atoms with van der Waals surface area (Å²) in [6.45, 7) is 4.74. The van der Waals surface area contributed by atoms with Crippen LogP contribution in [0, 0.1) is 19.8 Å². The molecule has 1 aliphatic rings. The lowest BCUT2D eigenvalue weighted by Crippen LogP contribution is -2.56. The first-order chi connectivity index (χ1) is 9.99. The maximum absolute atomic E-state index is 11.8. The molecule has 116 valence electrons. The van der Waals surface area contributed by atoms with Crippen LogP contribution < -0.4 is 15.8 Å². The van der Waals surface area contributed by atoms with Crippen molar-refractivity contribution in [3.63, 3.8) is 0 Å². The second kappa shape index (κ2) is 6.48. The van der Waals surface area contributed by atoms with E-state index in [0.717, 1.165) is 37.0 Å². The zero-order valence-corrected chi connectivity index (χ0v) is 13.2. The lowest BCUT2D eigenvalue weighted by molar-refractivity contribution is -0.125. The molecular weight excluding hydrogens is 264 g/mol. The number of amides is 1. The van der Waals surface area contributed by atoms with Crippen molar-refractivity contribution in [2.45, 2.75) is 45.1 Å². The maximum atomic E-state index is 11.8. The minimum atomic E-state index is -0.550. The average molecular weight is 290 g/mol. The monoisotopic (exact) mass is 290 g/mol. The number of primary amides is 1. The average Bonchev–Trinajstić information content (AvgIpc) is 2.85. The van der Waals surface area contributed by atoms with Crippen LogP contribution in [0.25, 0.3) is 0 Å². The van der Waals surface area contributed by atoms with Gasteiger partial charge in [0.05, 0.1) is 6.61 Å². The topological polar surface area (TPSA) is 64.3 Å². The zero-order chi connectivity index (χ0) is 15.5. The van der Waals surface area contributed by atoms with Crippen molar-refractivity contribution in [2.24, 2.45) is 11.7 Å². The highest BCUT2D eigenvalue weighted by Crippen LogP contribution is 2.37. The normalized spacial score (nSPS) is 25.0. The number of likely N-dealkylation sites (N-methyl/N-ethyl adjacent to an activating group) is 1. The van der Waals surface area contributed by atoms with Crippen molar-refractivity contribution in [3.8, 4) is 5.75 Å². The van der Waals surface area contributed by atoms with Gasteiger partial charge in [0, 0.05) is 0 Å². The minimum Gasteiger partial charge on any atom is -0.493 e. The van der Waals surface area contributed by atoms with Crippen LogP contribution in [-0.4, -0.2) is 25.1 Å². The van der Waals surface area contributed by atoms with E-state index in [1.54, 1.807) is 0 Å². The molecule has 0 radical (unpaired) electrons. The molecule has 0 aliphatic heterocycles.